The van der Waals surface area contributed by atoms with Crippen molar-refractivity contribution in [3.8, 4) is 5.75 Å². The van der Waals surface area contributed by atoms with Gasteiger partial charge in [-0.15, -0.1) is 0 Å². The predicted molar refractivity (Wildman–Crippen MR) is 96.4 cm³/mol. The standard InChI is InChI=1S/C18H17Cl2NO4/c1-12-3-2-4-14(9-12)24-7-8-25-17(22)11-21-18(23)13-5-6-15(19)16(20)10-13/h2-6,9-10H,7-8,11H2,1H3,(H,21,23). The van der Waals surface area contributed by atoms with E-state index < -0.39 is 11.9 Å². The molecule has 0 aliphatic carbocycles. The van der Waals surface area contributed by atoms with Gasteiger partial charge in [0.1, 0.15) is 25.5 Å². The van der Waals surface area contributed by atoms with Gasteiger partial charge in [-0.3, -0.25) is 9.59 Å². The van der Waals surface area contributed by atoms with Gasteiger partial charge in [0.15, 0.2) is 0 Å². The van der Waals surface area contributed by atoms with Gasteiger partial charge in [-0.1, -0.05) is 35.3 Å². The smallest absolute Gasteiger partial charge is 0.325 e. The zero-order valence-electron chi connectivity index (χ0n) is 13.6. The number of esters is 1. The molecule has 2 aromatic rings. The van der Waals surface area contributed by atoms with Crippen LogP contribution in [-0.2, 0) is 9.53 Å². The molecule has 5 nitrogen and oxygen atoms in total. The Morgan fingerprint density at radius 3 is 2.56 bits per heavy atom. The number of carbonyl (C=O) groups excluding carboxylic acids is 2. The normalized spacial score (nSPS) is 10.2. The summed E-state index contributed by atoms with van der Waals surface area (Å²) in [6.07, 6.45) is 0. The first-order chi connectivity index (χ1) is 12.0. The van der Waals surface area contributed by atoms with E-state index in [2.05, 4.69) is 5.32 Å². The molecule has 7 heteroatoms. The van der Waals surface area contributed by atoms with Gasteiger partial charge < -0.3 is 14.8 Å². The average molecular weight is 382 g/mol. The van der Waals surface area contributed by atoms with Crippen molar-refractivity contribution in [1.82, 2.24) is 5.32 Å². The highest BCUT2D eigenvalue weighted by molar-refractivity contribution is 6.42. The zero-order valence-corrected chi connectivity index (χ0v) is 15.1. The maximum atomic E-state index is 11.9. The van der Waals surface area contributed by atoms with Gasteiger partial charge in [0.05, 0.1) is 10.0 Å². The van der Waals surface area contributed by atoms with Crippen LogP contribution in [0.3, 0.4) is 0 Å². The lowest BCUT2D eigenvalue weighted by Crippen LogP contribution is -2.31. The van der Waals surface area contributed by atoms with Crippen LogP contribution in [0.25, 0.3) is 0 Å². The first kappa shape index (κ1) is 19.1. The van der Waals surface area contributed by atoms with Crippen LogP contribution in [0.2, 0.25) is 10.0 Å². The van der Waals surface area contributed by atoms with Crippen LogP contribution < -0.4 is 10.1 Å². The summed E-state index contributed by atoms with van der Waals surface area (Å²) in [5.74, 6) is -0.281. The van der Waals surface area contributed by atoms with E-state index in [1.54, 1.807) is 0 Å². The highest BCUT2D eigenvalue weighted by Gasteiger charge is 2.10. The molecule has 0 unspecified atom stereocenters. The highest BCUT2D eigenvalue weighted by Crippen LogP contribution is 2.22. The number of rotatable bonds is 7. The van der Waals surface area contributed by atoms with Crippen LogP contribution in [0.1, 0.15) is 15.9 Å². The van der Waals surface area contributed by atoms with Crippen molar-refractivity contribution in [1.29, 1.82) is 0 Å². The lowest BCUT2D eigenvalue weighted by atomic mass is 10.2. The number of hydrogen-bond donors (Lipinski definition) is 1. The molecule has 0 saturated carbocycles. The van der Waals surface area contributed by atoms with Crippen LogP contribution in [-0.4, -0.2) is 31.6 Å². The number of carbonyl (C=O) groups is 2. The summed E-state index contributed by atoms with van der Waals surface area (Å²) in [5, 5.41) is 3.08. The lowest BCUT2D eigenvalue weighted by Gasteiger charge is -2.09. The van der Waals surface area contributed by atoms with Gasteiger partial charge >= 0.3 is 5.97 Å². The molecule has 2 aromatic carbocycles. The van der Waals surface area contributed by atoms with Crippen LogP contribution in [0.5, 0.6) is 5.75 Å². The summed E-state index contributed by atoms with van der Waals surface area (Å²) >= 11 is 11.6. The van der Waals surface area contributed by atoms with E-state index in [1.165, 1.54) is 18.2 Å². The highest BCUT2D eigenvalue weighted by atomic mass is 35.5. The minimum atomic E-state index is -0.554. The van der Waals surface area contributed by atoms with Crippen molar-refractivity contribution in [3.05, 3.63) is 63.6 Å². The number of ether oxygens (including phenoxy) is 2. The zero-order chi connectivity index (χ0) is 18.2. The van der Waals surface area contributed by atoms with Gasteiger partial charge in [0.25, 0.3) is 5.91 Å². The Morgan fingerprint density at radius 2 is 1.84 bits per heavy atom. The molecule has 1 N–H and O–H groups in total. The van der Waals surface area contributed by atoms with Crippen LogP contribution in [0.15, 0.2) is 42.5 Å². The first-order valence-electron chi connectivity index (χ1n) is 7.54. The molecule has 1 amide bonds. The molecule has 0 heterocycles. The molecule has 0 saturated heterocycles. The van der Waals surface area contributed by atoms with E-state index in [1.807, 2.05) is 31.2 Å². The molecular formula is C18H17Cl2NO4. The molecule has 2 rings (SSSR count). The molecule has 0 aromatic heterocycles. The summed E-state index contributed by atoms with van der Waals surface area (Å²) in [5.41, 5.74) is 1.39. The monoisotopic (exact) mass is 381 g/mol. The number of halogens is 2. The molecule has 0 aliphatic rings. The number of aryl methyl sites for hydroxylation is 1. The lowest BCUT2D eigenvalue weighted by molar-refractivity contribution is -0.143. The van der Waals surface area contributed by atoms with Crippen molar-refractivity contribution in [2.45, 2.75) is 6.92 Å². The Balaban J connectivity index is 1.68. The Labute approximate surface area is 155 Å². The van der Waals surface area contributed by atoms with Gasteiger partial charge in [-0.2, -0.15) is 0 Å². The topological polar surface area (TPSA) is 64.6 Å². The molecule has 0 radical (unpaired) electrons. The van der Waals surface area contributed by atoms with E-state index in [0.717, 1.165) is 5.56 Å². The summed E-state index contributed by atoms with van der Waals surface area (Å²) < 4.78 is 10.5. The summed E-state index contributed by atoms with van der Waals surface area (Å²) in [6, 6.07) is 12.0. The van der Waals surface area contributed by atoms with Crippen molar-refractivity contribution in [3.63, 3.8) is 0 Å². The van der Waals surface area contributed by atoms with Crippen LogP contribution in [0, 0.1) is 6.92 Å². The van der Waals surface area contributed by atoms with E-state index in [9.17, 15) is 9.59 Å². The van der Waals surface area contributed by atoms with E-state index in [-0.39, 0.29) is 24.8 Å². The predicted octanol–water partition coefficient (Wildman–Crippen LogP) is 3.65. The Bertz CT molecular complexity index is 764. The third-order valence-corrected chi connectivity index (χ3v) is 3.92. The third-order valence-electron chi connectivity index (χ3n) is 3.18. The molecule has 0 aliphatic heterocycles. The van der Waals surface area contributed by atoms with Crippen molar-refractivity contribution in [2.24, 2.45) is 0 Å². The number of benzene rings is 2. The summed E-state index contributed by atoms with van der Waals surface area (Å²) in [7, 11) is 0. The average Bonchev–Trinajstić information content (AvgIpc) is 2.59. The largest absolute Gasteiger partial charge is 0.490 e. The molecule has 0 atom stereocenters. The Kier molecular flexibility index (Phi) is 7.10. The van der Waals surface area contributed by atoms with E-state index in [4.69, 9.17) is 32.7 Å². The summed E-state index contributed by atoms with van der Waals surface area (Å²) in [6.45, 7) is 2.04. The van der Waals surface area contributed by atoms with Crippen LogP contribution in [0.4, 0.5) is 0 Å². The fourth-order valence-electron chi connectivity index (χ4n) is 1.96. The Morgan fingerprint density at radius 1 is 1.04 bits per heavy atom. The number of nitrogens with one attached hydrogen (secondary N) is 1. The van der Waals surface area contributed by atoms with Gasteiger partial charge in [-0.25, -0.2) is 0 Å². The fraction of sp³-hybridized carbons (Fsp3) is 0.222. The second-order valence-electron chi connectivity index (χ2n) is 5.20. The van der Waals surface area contributed by atoms with Gasteiger partial charge in [0, 0.05) is 5.56 Å². The fourth-order valence-corrected chi connectivity index (χ4v) is 2.26. The van der Waals surface area contributed by atoms with E-state index >= 15 is 0 Å². The maximum Gasteiger partial charge on any atom is 0.325 e. The second kappa shape index (κ2) is 9.30. The van der Waals surface area contributed by atoms with Crippen molar-refractivity contribution in [2.75, 3.05) is 19.8 Å². The first-order valence-corrected chi connectivity index (χ1v) is 8.29. The molecule has 132 valence electrons. The van der Waals surface area contributed by atoms with Gasteiger partial charge in [-0.05, 0) is 42.8 Å². The van der Waals surface area contributed by atoms with Gasteiger partial charge in [0.2, 0.25) is 0 Å². The quantitative estimate of drug-likeness (QED) is 0.587. The minimum Gasteiger partial charge on any atom is -0.490 e. The van der Waals surface area contributed by atoms with Crippen molar-refractivity contribution >= 4 is 35.1 Å². The number of amides is 1. The minimum absolute atomic E-state index is 0.0927. The summed E-state index contributed by atoms with van der Waals surface area (Å²) in [4.78, 5) is 23.5. The van der Waals surface area contributed by atoms with Crippen LogP contribution >= 0.6 is 23.2 Å². The SMILES string of the molecule is Cc1cccc(OCCOC(=O)CNC(=O)c2ccc(Cl)c(Cl)c2)c1. The molecule has 0 fully saturated rings. The van der Waals surface area contributed by atoms with Crippen molar-refractivity contribution < 1.29 is 19.1 Å². The second-order valence-corrected chi connectivity index (χ2v) is 6.01. The number of hydrogen-bond acceptors (Lipinski definition) is 4. The third kappa shape index (κ3) is 6.29. The Hall–Kier alpha value is -2.24. The molecule has 0 spiro atoms. The van der Waals surface area contributed by atoms with E-state index in [0.29, 0.717) is 16.3 Å². The molecule has 25 heavy (non-hydrogen) atoms. The molecule has 0 bridgehead atoms. The maximum absolute atomic E-state index is 11.9. The molecular weight excluding hydrogens is 365 g/mol.